The molecule has 1 saturated heterocycles. The van der Waals surface area contributed by atoms with Crippen molar-refractivity contribution in [3.63, 3.8) is 0 Å². The SMILES string of the molecule is CCNC(=NCc1cc(Br)c(OC)c(OC)c1)NCC(=O)N1CCCC1. The first kappa shape index (κ1) is 20.4. The lowest BCUT2D eigenvalue weighted by Gasteiger charge is -2.17. The standard InChI is InChI=1S/C18H27BrN4O3/c1-4-20-18(22-12-16(24)23-7-5-6-8-23)21-11-13-9-14(19)17(26-3)15(10-13)25-2/h9-10H,4-8,11-12H2,1-3H3,(H2,20,21,22). The molecule has 0 spiro atoms. The van der Waals surface area contributed by atoms with E-state index >= 15 is 0 Å². The highest BCUT2D eigenvalue weighted by Crippen LogP contribution is 2.36. The normalized spacial score (nSPS) is 14.3. The molecule has 144 valence electrons. The molecule has 0 aliphatic carbocycles. The first-order valence-electron chi connectivity index (χ1n) is 8.79. The van der Waals surface area contributed by atoms with Gasteiger partial charge in [-0.05, 0) is 53.4 Å². The van der Waals surface area contributed by atoms with Crippen molar-refractivity contribution in [2.75, 3.05) is 40.4 Å². The topological polar surface area (TPSA) is 75.2 Å². The molecule has 0 saturated carbocycles. The number of hydrogen-bond donors (Lipinski definition) is 2. The fourth-order valence-corrected chi connectivity index (χ4v) is 3.46. The van der Waals surface area contributed by atoms with Crippen molar-refractivity contribution in [2.45, 2.75) is 26.3 Å². The van der Waals surface area contributed by atoms with Crippen LogP contribution >= 0.6 is 15.9 Å². The number of guanidine groups is 1. The zero-order valence-electron chi connectivity index (χ0n) is 15.6. The fraction of sp³-hybridized carbons (Fsp3) is 0.556. The first-order valence-corrected chi connectivity index (χ1v) is 9.58. The van der Waals surface area contributed by atoms with Gasteiger partial charge in [-0.1, -0.05) is 0 Å². The molecule has 2 rings (SSSR count). The second kappa shape index (κ2) is 10.3. The smallest absolute Gasteiger partial charge is 0.241 e. The largest absolute Gasteiger partial charge is 0.493 e. The van der Waals surface area contributed by atoms with Crippen LogP contribution in [0.1, 0.15) is 25.3 Å². The second-order valence-corrected chi connectivity index (χ2v) is 6.80. The van der Waals surface area contributed by atoms with E-state index in [-0.39, 0.29) is 12.5 Å². The number of nitrogens with zero attached hydrogens (tertiary/aromatic N) is 2. The van der Waals surface area contributed by atoms with E-state index < -0.39 is 0 Å². The molecule has 2 N–H and O–H groups in total. The Morgan fingerprint density at radius 1 is 1.23 bits per heavy atom. The minimum atomic E-state index is 0.113. The van der Waals surface area contributed by atoms with Crippen LogP contribution in [0.5, 0.6) is 11.5 Å². The number of carbonyl (C=O) groups excluding carboxylic acids is 1. The maximum atomic E-state index is 12.2. The molecule has 1 fully saturated rings. The van der Waals surface area contributed by atoms with Crippen LogP contribution in [0, 0.1) is 0 Å². The van der Waals surface area contributed by atoms with Crippen molar-refractivity contribution in [2.24, 2.45) is 4.99 Å². The molecule has 0 unspecified atom stereocenters. The number of benzene rings is 1. The molecule has 0 aromatic heterocycles. The number of nitrogens with one attached hydrogen (secondary N) is 2. The van der Waals surface area contributed by atoms with Crippen LogP contribution in [0.15, 0.2) is 21.6 Å². The summed E-state index contributed by atoms with van der Waals surface area (Å²) in [4.78, 5) is 18.6. The highest BCUT2D eigenvalue weighted by atomic mass is 79.9. The monoisotopic (exact) mass is 426 g/mol. The summed E-state index contributed by atoms with van der Waals surface area (Å²) in [6.45, 7) is 5.13. The Balaban J connectivity index is 2.01. The Morgan fingerprint density at radius 3 is 2.58 bits per heavy atom. The van der Waals surface area contributed by atoms with Crippen molar-refractivity contribution in [3.05, 3.63) is 22.2 Å². The number of aliphatic imine (C=N–C) groups is 1. The molecule has 1 aliphatic rings. The summed E-state index contributed by atoms with van der Waals surface area (Å²) in [6.07, 6.45) is 2.18. The number of halogens is 1. The number of hydrogen-bond acceptors (Lipinski definition) is 4. The number of carbonyl (C=O) groups is 1. The van der Waals surface area contributed by atoms with Crippen LogP contribution in [0.3, 0.4) is 0 Å². The van der Waals surface area contributed by atoms with E-state index in [1.807, 2.05) is 24.0 Å². The van der Waals surface area contributed by atoms with Crippen molar-refractivity contribution in [1.29, 1.82) is 0 Å². The van der Waals surface area contributed by atoms with E-state index in [0.29, 0.717) is 24.0 Å². The molecule has 7 nitrogen and oxygen atoms in total. The summed E-state index contributed by atoms with van der Waals surface area (Å²) in [5.41, 5.74) is 0.970. The van der Waals surface area contributed by atoms with Gasteiger partial charge in [0, 0.05) is 19.6 Å². The van der Waals surface area contributed by atoms with Crippen molar-refractivity contribution >= 4 is 27.8 Å². The predicted octanol–water partition coefficient (Wildman–Crippen LogP) is 2.14. The number of rotatable bonds is 7. The minimum Gasteiger partial charge on any atom is -0.493 e. The van der Waals surface area contributed by atoms with Gasteiger partial charge >= 0.3 is 0 Å². The molecular weight excluding hydrogens is 400 g/mol. The Bertz CT molecular complexity index is 646. The molecule has 1 aromatic rings. The number of amides is 1. The van der Waals surface area contributed by atoms with Gasteiger partial charge in [0.05, 0.1) is 31.8 Å². The maximum Gasteiger partial charge on any atom is 0.241 e. The third-order valence-corrected chi connectivity index (χ3v) is 4.71. The summed E-state index contributed by atoms with van der Waals surface area (Å²) < 4.78 is 11.5. The van der Waals surface area contributed by atoms with Crippen LogP contribution in [-0.4, -0.2) is 57.2 Å². The third kappa shape index (κ3) is 5.52. The molecule has 1 amide bonds. The average Bonchev–Trinajstić information content (AvgIpc) is 3.18. The van der Waals surface area contributed by atoms with Gasteiger partial charge < -0.3 is 25.0 Å². The van der Waals surface area contributed by atoms with Crippen LogP contribution in [0.25, 0.3) is 0 Å². The summed E-state index contributed by atoms with van der Waals surface area (Å²) in [5, 5.41) is 6.28. The molecular formula is C18H27BrN4O3. The molecule has 1 heterocycles. The molecule has 1 aromatic carbocycles. The lowest BCUT2D eigenvalue weighted by Crippen LogP contribution is -2.44. The van der Waals surface area contributed by atoms with Crippen molar-refractivity contribution < 1.29 is 14.3 Å². The lowest BCUT2D eigenvalue weighted by atomic mass is 10.2. The Kier molecular flexibility index (Phi) is 8.03. The van der Waals surface area contributed by atoms with Gasteiger partial charge in [0.25, 0.3) is 0 Å². The zero-order valence-corrected chi connectivity index (χ0v) is 17.2. The van der Waals surface area contributed by atoms with Gasteiger partial charge in [-0.3, -0.25) is 4.79 Å². The van der Waals surface area contributed by atoms with E-state index in [9.17, 15) is 4.79 Å². The first-order chi connectivity index (χ1) is 12.6. The number of methoxy groups -OCH3 is 2. The molecule has 0 radical (unpaired) electrons. The molecule has 0 atom stereocenters. The van der Waals surface area contributed by atoms with E-state index in [2.05, 4.69) is 31.6 Å². The highest BCUT2D eigenvalue weighted by molar-refractivity contribution is 9.10. The third-order valence-electron chi connectivity index (χ3n) is 4.12. The molecule has 26 heavy (non-hydrogen) atoms. The fourth-order valence-electron chi connectivity index (χ4n) is 2.81. The van der Waals surface area contributed by atoms with Crippen LogP contribution in [0.4, 0.5) is 0 Å². The number of likely N-dealkylation sites (tertiary alicyclic amines) is 1. The van der Waals surface area contributed by atoms with Crippen LogP contribution < -0.4 is 20.1 Å². The van der Waals surface area contributed by atoms with E-state index in [0.717, 1.165) is 42.5 Å². The van der Waals surface area contributed by atoms with Crippen LogP contribution in [-0.2, 0) is 11.3 Å². The lowest BCUT2D eigenvalue weighted by molar-refractivity contribution is -0.128. The zero-order chi connectivity index (χ0) is 18.9. The Morgan fingerprint density at radius 2 is 1.96 bits per heavy atom. The summed E-state index contributed by atoms with van der Waals surface area (Å²) in [5.74, 6) is 2.03. The van der Waals surface area contributed by atoms with Gasteiger partial charge in [0.1, 0.15) is 0 Å². The molecule has 1 aliphatic heterocycles. The van der Waals surface area contributed by atoms with Crippen molar-refractivity contribution in [3.8, 4) is 11.5 Å². The Hall–Kier alpha value is -1.96. The van der Waals surface area contributed by atoms with Gasteiger partial charge in [0.2, 0.25) is 5.91 Å². The average molecular weight is 427 g/mol. The number of ether oxygens (including phenoxy) is 2. The maximum absolute atomic E-state index is 12.2. The van der Waals surface area contributed by atoms with Crippen molar-refractivity contribution in [1.82, 2.24) is 15.5 Å². The van der Waals surface area contributed by atoms with Gasteiger partial charge in [-0.2, -0.15) is 0 Å². The van der Waals surface area contributed by atoms with Crippen LogP contribution in [0.2, 0.25) is 0 Å². The van der Waals surface area contributed by atoms with E-state index in [4.69, 9.17) is 9.47 Å². The summed E-state index contributed by atoms with van der Waals surface area (Å²) in [7, 11) is 3.21. The van der Waals surface area contributed by atoms with E-state index in [1.165, 1.54) is 0 Å². The minimum absolute atomic E-state index is 0.113. The highest BCUT2D eigenvalue weighted by Gasteiger charge is 2.17. The summed E-state index contributed by atoms with van der Waals surface area (Å²) >= 11 is 3.49. The summed E-state index contributed by atoms with van der Waals surface area (Å²) in [6, 6.07) is 3.84. The predicted molar refractivity (Wildman–Crippen MR) is 106 cm³/mol. The van der Waals surface area contributed by atoms with Gasteiger partial charge in [0.15, 0.2) is 17.5 Å². The van der Waals surface area contributed by atoms with Gasteiger partial charge in [-0.25, -0.2) is 4.99 Å². The Labute approximate surface area is 163 Å². The van der Waals surface area contributed by atoms with Gasteiger partial charge in [-0.15, -0.1) is 0 Å². The quantitative estimate of drug-likeness (QED) is 0.515. The molecule has 0 bridgehead atoms. The second-order valence-electron chi connectivity index (χ2n) is 5.95. The molecule has 8 heteroatoms. The van der Waals surface area contributed by atoms with E-state index in [1.54, 1.807) is 14.2 Å².